The number of rotatable bonds is 4. The topological polar surface area (TPSA) is 88.2 Å². The van der Waals surface area contributed by atoms with E-state index >= 15 is 0 Å². The largest absolute Gasteiger partial charge is 0.326 e. The number of benzene rings is 1. The standard InChI is InChI=1S/C13H12ClN3O3S/c1-9(18)16-10-2-4-11(5-3-10)17-21(19,20)12-6-7-15-13(14)8-12/h2-8,17H,1H3,(H,16,18). The second kappa shape index (κ2) is 6.11. The number of pyridine rings is 1. The van der Waals surface area contributed by atoms with Gasteiger partial charge in [-0.25, -0.2) is 13.4 Å². The highest BCUT2D eigenvalue weighted by Gasteiger charge is 2.14. The molecule has 0 saturated heterocycles. The van der Waals surface area contributed by atoms with Gasteiger partial charge >= 0.3 is 0 Å². The third kappa shape index (κ3) is 4.17. The zero-order valence-corrected chi connectivity index (χ0v) is 12.6. The monoisotopic (exact) mass is 325 g/mol. The average molecular weight is 326 g/mol. The molecule has 0 spiro atoms. The molecule has 0 saturated carbocycles. The van der Waals surface area contributed by atoms with Crippen LogP contribution in [0.3, 0.4) is 0 Å². The molecule has 21 heavy (non-hydrogen) atoms. The molecule has 0 aliphatic carbocycles. The fraction of sp³-hybridized carbons (Fsp3) is 0.0769. The van der Waals surface area contributed by atoms with Crippen molar-refractivity contribution in [3.8, 4) is 0 Å². The van der Waals surface area contributed by atoms with Crippen LogP contribution in [0.4, 0.5) is 11.4 Å². The predicted octanol–water partition coefficient (Wildman–Crippen LogP) is 2.49. The molecule has 8 heteroatoms. The van der Waals surface area contributed by atoms with Crippen LogP contribution in [0.15, 0.2) is 47.5 Å². The Labute approximate surface area is 127 Å². The van der Waals surface area contributed by atoms with Crippen molar-refractivity contribution >= 4 is 38.9 Å². The normalized spacial score (nSPS) is 11.0. The molecular formula is C13H12ClN3O3S. The predicted molar refractivity (Wildman–Crippen MR) is 80.8 cm³/mol. The number of sulfonamides is 1. The summed E-state index contributed by atoms with van der Waals surface area (Å²) in [6.07, 6.45) is 1.32. The maximum Gasteiger partial charge on any atom is 0.262 e. The summed E-state index contributed by atoms with van der Waals surface area (Å²) in [7, 11) is -3.73. The average Bonchev–Trinajstić information content (AvgIpc) is 2.40. The highest BCUT2D eigenvalue weighted by atomic mass is 35.5. The number of amides is 1. The van der Waals surface area contributed by atoms with E-state index in [1.807, 2.05) is 0 Å². The number of nitrogens with one attached hydrogen (secondary N) is 2. The lowest BCUT2D eigenvalue weighted by Crippen LogP contribution is -2.13. The van der Waals surface area contributed by atoms with Gasteiger partial charge in [0.2, 0.25) is 5.91 Å². The van der Waals surface area contributed by atoms with Crippen LogP contribution in [0.1, 0.15) is 6.92 Å². The molecule has 1 heterocycles. The molecule has 0 fully saturated rings. The first-order valence-corrected chi connectivity index (χ1v) is 7.75. The second-order valence-corrected chi connectivity index (χ2v) is 6.25. The third-order valence-corrected chi connectivity index (χ3v) is 4.05. The van der Waals surface area contributed by atoms with Crippen molar-refractivity contribution in [2.24, 2.45) is 0 Å². The van der Waals surface area contributed by atoms with Crippen LogP contribution >= 0.6 is 11.6 Å². The van der Waals surface area contributed by atoms with Gasteiger partial charge in [0.15, 0.2) is 0 Å². The van der Waals surface area contributed by atoms with E-state index in [2.05, 4.69) is 15.0 Å². The molecule has 0 aliphatic rings. The second-order valence-electron chi connectivity index (χ2n) is 4.18. The van der Waals surface area contributed by atoms with Gasteiger partial charge in [0.05, 0.1) is 4.90 Å². The molecule has 1 amide bonds. The highest BCUT2D eigenvalue weighted by molar-refractivity contribution is 7.92. The molecule has 1 aromatic carbocycles. The summed E-state index contributed by atoms with van der Waals surface area (Å²) < 4.78 is 26.7. The van der Waals surface area contributed by atoms with Gasteiger partial charge in [0.25, 0.3) is 10.0 Å². The molecule has 2 rings (SSSR count). The number of aromatic nitrogens is 1. The number of nitrogens with zero attached hydrogens (tertiary/aromatic N) is 1. The Kier molecular flexibility index (Phi) is 4.44. The summed E-state index contributed by atoms with van der Waals surface area (Å²) in [6, 6.07) is 8.89. The van der Waals surface area contributed by atoms with Gasteiger partial charge in [-0.15, -0.1) is 0 Å². The zero-order chi connectivity index (χ0) is 15.5. The number of hydrogen-bond acceptors (Lipinski definition) is 4. The third-order valence-electron chi connectivity index (χ3n) is 2.47. The molecular weight excluding hydrogens is 314 g/mol. The van der Waals surface area contributed by atoms with Gasteiger partial charge in [0, 0.05) is 24.5 Å². The van der Waals surface area contributed by atoms with E-state index in [9.17, 15) is 13.2 Å². The molecule has 1 aromatic heterocycles. The summed E-state index contributed by atoms with van der Waals surface area (Å²) in [5.74, 6) is -0.199. The summed E-state index contributed by atoms with van der Waals surface area (Å²) in [6.45, 7) is 1.39. The van der Waals surface area contributed by atoms with Crippen LogP contribution in [-0.2, 0) is 14.8 Å². The summed E-state index contributed by atoms with van der Waals surface area (Å²) >= 11 is 5.68. The number of anilines is 2. The minimum atomic E-state index is -3.73. The lowest BCUT2D eigenvalue weighted by molar-refractivity contribution is -0.114. The summed E-state index contributed by atoms with van der Waals surface area (Å²) in [5.41, 5.74) is 0.953. The Hall–Kier alpha value is -2.12. The van der Waals surface area contributed by atoms with Crippen molar-refractivity contribution in [2.75, 3.05) is 10.0 Å². The Balaban J connectivity index is 2.19. The number of halogens is 1. The van der Waals surface area contributed by atoms with E-state index in [0.717, 1.165) is 0 Å². The summed E-state index contributed by atoms with van der Waals surface area (Å²) in [5, 5.41) is 2.69. The fourth-order valence-corrected chi connectivity index (χ4v) is 2.90. The minimum absolute atomic E-state index is 0.0217. The molecule has 2 aromatic rings. The molecule has 0 atom stereocenters. The van der Waals surface area contributed by atoms with Crippen LogP contribution in [0, 0.1) is 0 Å². The van der Waals surface area contributed by atoms with E-state index in [4.69, 9.17) is 11.6 Å². The Morgan fingerprint density at radius 3 is 2.33 bits per heavy atom. The van der Waals surface area contributed by atoms with Crippen LogP contribution in [0.25, 0.3) is 0 Å². The van der Waals surface area contributed by atoms with Crippen LogP contribution < -0.4 is 10.0 Å². The van der Waals surface area contributed by atoms with Gasteiger partial charge in [0.1, 0.15) is 5.15 Å². The van der Waals surface area contributed by atoms with E-state index in [1.165, 1.54) is 25.3 Å². The maximum atomic E-state index is 12.1. The van der Waals surface area contributed by atoms with E-state index in [1.54, 1.807) is 24.3 Å². The molecule has 110 valence electrons. The number of hydrogen-bond donors (Lipinski definition) is 2. The quantitative estimate of drug-likeness (QED) is 0.845. The van der Waals surface area contributed by atoms with Crippen LogP contribution in [0.5, 0.6) is 0 Å². The SMILES string of the molecule is CC(=O)Nc1ccc(NS(=O)(=O)c2ccnc(Cl)c2)cc1. The molecule has 0 unspecified atom stereocenters. The minimum Gasteiger partial charge on any atom is -0.326 e. The van der Waals surface area contributed by atoms with Gasteiger partial charge in [-0.2, -0.15) is 0 Å². The van der Waals surface area contributed by atoms with Crippen molar-refractivity contribution < 1.29 is 13.2 Å². The van der Waals surface area contributed by atoms with Crippen molar-refractivity contribution in [1.29, 1.82) is 0 Å². The molecule has 6 nitrogen and oxygen atoms in total. The van der Waals surface area contributed by atoms with E-state index < -0.39 is 10.0 Å². The number of carbonyl (C=O) groups is 1. The lowest BCUT2D eigenvalue weighted by Gasteiger charge is -2.09. The first-order valence-electron chi connectivity index (χ1n) is 5.89. The smallest absolute Gasteiger partial charge is 0.262 e. The fourth-order valence-electron chi connectivity index (χ4n) is 1.59. The van der Waals surface area contributed by atoms with Crippen molar-refractivity contribution in [2.45, 2.75) is 11.8 Å². The zero-order valence-electron chi connectivity index (χ0n) is 11.0. The van der Waals surface area contributed by atoms with Crippen molar-refractivity contribution in [3.63, 3.8) is 0 Å². The molecule has 0 aliphatic heterocycles. The van der Waals surface area contributed by atoms with Crippen molar-refractivity contribution in [3.05, 3.63) is 47.7 Å². The van der Waals surface area contributed by atoms with E-state index in [0.29, 0.717) is 11.4 Å². The molecule has 2 N–H and O–H groups in total. The lowest BCUT2D eigenvalue weighted by atomic mass is 10.3. The van der Waals surface area contributed by atoms with Gasteiger partial charge in [-0.3, -0.25) is 9.52 Å². The van der Waals surface area contributed by atoms with Crippen molar-refractivity contribution in [1.82, 2.24) is 4.98 Å². The highest BCUT2D eigenvalue weighted by Crippen LogP contribution is 2.19. The Bertz CT molecular complexity index is 760. The van der Waals surface area contributed by atoms with Gasteiger partial charge < -0.3 is 5.32 Å². The first-order chi connectivity index (χ1) is 9.87. The molecule has 0 bridgehead atoms. The van der Waals surface area contributed by atoms with Gasteiger partial charge in [-0.05, 0) is 36.4 Å². The maximum absolute atomic E-state index is 12.1. The Morgan fingerprint density at radius 1 is 1.14 bits per heavy atom. The molecule has 0 radical (unpaired) electrons. The number of carbonyl (C=O) groups excluding carboxylic acids is 1. The first kappa shape index (κ1) is 15.3. The van der Waals surface area contributed by atoms with Crippen LogP contribution in [0.2, 0.25) is 5.15 Å². The summed E-state index contributed by atoms with van der Waals surface area (Å²) in [4.78, 5) is 14.7. The Morgan fingerprint density at radius 2 is 1.76 bits per heavy atom. The van der Waals surface area contributed by atoms with Crippen LogP contribution in [-0.4, -0.2) is 19.3 Å². The van der Waals surface area contributed by atoms with Gasteiger partial charge in [-0.1, -0.05) is 11.6 Å². The van der Waals surface area contributed by atoms with E-state index in [-0.39, 0.29) is 16.0 Å².